The maximum atomic E-state index is 12.6. The quantitative estimate of drug-likeness (QED) is 0.649. The third-order valence-corrected chi connectivity index (χ3v) is 5.98. The lowest BCUT2D eigenvalue weighted by Gasteiger charge is -2.17. The predicted octanol–water partition coefficient (Wildman–Crippen LogP) is 3.83. The molecule has 0 aliphatic rings. The number of carbonyl (C=O) groups is 1. The highest BCUT2D eigenvalue weighted by molar-refractivity contribution is 7.90. The maximum Gasteiger partial charge on any atom is 0.289 e. The van der Waals surface area contributed by atoms with Crippen molar-refractivity contribution in [3.8, 4) is 0 Å². The molecule has 1 aromatic heterocycles. The second kappa shape index (κ2) is 7.80. The molecular formula is C21H21NO4S. The largest absolute Gasteiger partial charge is 0.455 e. The summed E-state index contributed by atoms with van der Waals surface area (Å²) in [5.41, 5.74) is 2.15. The standard InChI is InChI=1S/C21H21NO4S/c1-16-8-6-7-9-17(16)14-22(2)21(23)20-13-12-18(26-20)15-27(24,25)19-10-4-3-5-11-19/h3-13H,14-15H2,1-2H3. The van der Waals surface area contributed by atoms with Crippen LogP contribution in [0.15, 0.2) is 76.0 Å². The zero-order valence-corrected chi connectivity index (χ0v) is 16.1. The monoisotopic (exact) mass is 383 g/mol. The maximum absolute atomic E-state index is 12.6. The Kier molecular flexibility index (Phi) is 5.46. The molecule has 0 saturated heterocycles. The summed E-state index contributed by atoms with van der Waals surface area (Å²) in [6.45, 7) is 2.44. The van der Waals surface area contributed by atoms with Gasteiger partial charge in [0.2, 0.25) is 0 Å². The van der Waals surface area contributed by atoms with Crippen LogP contribution < -0.4 is 0 Å². The van der Waals surface area contributed by atoms with Crippen molar-refractivity contribution < 1.29 is 17.6 Å². The number of carbonyl (C=O) groups excluding carboxylic acids is 1. The van der Waals surface area contributed by atoms with Gasteiger partial charge in [0.05, 0.1) is 4.90 Å². The Morgan fingerprint density at radius 2 is 1.63 bits per heavy atom. The van der Waals surface area contributed by atoms with Crippen LogP contribution in [0.4, 0.5) is 0 Å². The van der Waals surface area contributed by atoms with E-state index in [1.807, 2.05) is 31.2 Å². The van der Waals surface area contributed by atoms with E-state index >= 15 is 0 Å². The van der Waals surface area contributed by atoms with Crippen LogP contribution in [-0.2, 0) is 22.1 Å². The van der Waals surface area contributed by atoms with Gasteiger partial charge in [-0.05, 0) is 42.3 Å². The highest BCUT2D eigenvalue weighted by Gasteiger charge is 2.21. The highest BCUT2D eigenvalue weighted by Crippen LogP contribution is 2.19. The number of rotatable bonds is 6. The molecule has 3 rings (SSSR count). The summed E-state index contributed by atoms with van der Waals surface area (Å²) < 4.78 is 30.4. The Morgan fingerprint density at radius 1 is 0.963 bits per heavy atom. The van der Waals surface area contributed by atoms with E-state index in [1.165, 1.54) is 12.1 Å². The van der Waals surface area contributed by atoms with Crippen LogP contribution in [0.5, 0.6) is 0 Å². The first-order valence-corrected chi connectivity index (χ1v) is 10.2. The molecule has 0 atom stereocenters. The first-order chi connectivity index (χ1) is 12.9. The van der Waals surface area contributed by atoms with Gasteiger partial charge in [-0.1, -0.05) is 42.5 Å². The molecule has 0 spiro atoms. The Balaban J connectivity index is 1.71. The van der Waals surface area contributed by atoms with E-state index in [0.29, 0.717) is 6.54 Å². The van der Waals surface area contributed by atoms with Gasteiger partial charge in [-0.3, -0.25) is 4.79 Å². The topological polar surface area (TPSA) is 67.6 Å². The van der Waals surface area contributed by atoms with Crippen molar-refractivity contribution in [1.82, 2.24) is 4.90 Å². The van der Waals surface area contributed by atoms with Crippen molar-refractivity contribution in [2.24, 2.45) is 0 Å². The molecule has 3 aromatic rings. The van der Waals surface area contributed by atoms with Crippen molar-refractivity contribution in [3.05, 3.63) is 89.4 Å². The average molecular weight is 383 g/mol. The average Bonchev–Trinajstić information content (AvgIpc) is 3.11. The predicted molar refractivity (Wildman–Crippen MR) is 103 cm³/mol. The molecule has 1 amide bonds. The number of sulfone groups is 1. The molecule has 0 N–H and O–H groups in total. The molecule has 5 nitrogen and oxygen atoms in total. The number of amides is 1. The number of hydrogen-bond donors (Lipinski definition) is 0. The summed E-state index contributed by atoms with van der Waals surface area (Å²) in [6, 6.07) is 19.1. The second-order valence-electron chi connectivity index (χ2n) is 6.43. The lowest BCUT2D eigenvalue weighted by atomic mass is 10.1. The van der Waals surface area contributed by atoms with Crippen molar-refractivity contribution in [2.45, 2.75) is 24.1 Å². The number of aryl methyl sites for hydroxylation is 1. The van der Waals surface area contributed by atoms with E-state index in [1.54, 1.807) is 42.3 Å². The summed E-state index contributed by atoms with van der Waals surface area (Å²) in [7, 11) is -1.83. The molecule has 0 bridgehead atoms. The van der Waals surface area contributed by atoms with E-state index in [-0.39, 0.29) is 28.1 Å². The molecule has 0 fully saturated rings. The fourth-order valence-electron chi connectivity index (χ4n) is 2.77. The Hall–Kier alpha value is -2.86. The lowest BCUT2D eigenvalue weighted by Crippen LogP contribution is -2.26. The van der Waals surface area contributed by atoms with E-state index in [9.17, 15) is 13.2 Å². The summed E-state index contributed by atoms with van der Waals surface area (Å²) in [5.74, 6) is -0.205. The minimum absolute atomic E-state index is 0.129. The van der Waals surface area contributed by atoms with E-state index in [2.05, 4.69) is 0 Å². The van der Waals surface area contributed by atoms with Gasteiger partial charge >= 0.3 is 0 Å². The van der Waals surface area contributed by atoms with Crippen LogP contribution in [-0.4, -0.2) is 26.3 Å². The summed E-state index contributed by atoms with van der Waals surface area (Å²) in [6.07, 6.45) is 0. The van der Waals surface area contributed by atoms with Crippen LogP contribution in [0, 0.1) is 6.92 Å². The molecule has 6 heteroatoms. The zero-order chi connectivity index (χ0) is 19.4. The Bertz CT molecular complexity index is 1040. The van der Waals surface area contributed by atoms with Gasteiger partial charge in [0.1, 0.15) is 11.5 Å². The minimum atomic E-state index is -3.52. The molecule has 140 valence electrons. The highest BCUT2D eigenvalue weighted by atomic mass is 32.2. The zero-order valence-electron chi connectivity index (χ0n) is 15.3. The normalized spacial score (nSPS) is 11.3. The summed E-state index contributed by atoms with van der Waals surface area (Å²) in [4.78, 5) is 14.4. The fourth-order valence-corrected chi connectivity index (χ4v) is 4.04. The van der Waals surface area contributed by atoms with Gasteiger partial charge in [-0.25, -0.2) is 8.42 Å². The molecule has 2 aromatic carbocycles. The van der Waals surface area contributed by atoms with Gasteiger partial charge in [0, 0.05) is 13.6 Å². The summed E-state index contributed by atoms with van der Waals surface area (Å²) in [5, 5.41) is 0. The fraction of sp³-hybridized carbons (Fsp3) is 0.190. The van der Waals surface area contributed by atoms with Gasteiger partial charge in [0.15, 0.2) is 15.6 Å². The Morgan fingerprint density at radius 3 is 2.33 bits per heavy atom. The molecule has 0 aliphatic heterocycles. The molecule has 1 heterocycles. The van der Waals surface area contributed by atoms with Gasteiger partial charge in [-0.15, -0.1) is 0 Å². The first-order valence-electron chi connectivity index (χ1n) is 8.53. The van der Waals surface area contributed by atoms with Crippen LogP contribution >= 0.6 is 0 Å². The first kappa shape index (κ1) is 18.9. The van der Waals surface area contributed by atoms with Gasteiger partial charge < -0.3 is 9.32 Å². The van der Waals surface area contributed by atoms with Crippen LogP contribution in [0.1, 0.15) is 27.4 Å². The number of hydrogen-bond acceptors (Lipinski definition) is 4. The molecule has 0 aliphatic carbocycles. The molecule has 0 saturated carbocycles. The SMILES string of the molecule is Cc1ccccc1CN(C)C(=O)c1ccc(CS(=O)(=O)c2ccccc2)o1. The van der Waals surface area contributed by atoms with Crippen molar-refractivity contribution in [2.75, 3.05) is 7.05 Å². The van der Waals surface area contributed by atoms with Gasteiger partial charge in [0.25, 0.3) is 5.91 Å². The minimum Gasteiger partial charge on any atom is -0.455 e. The summed E-state index contributed by atoms with van der Waals surface area (Å²) >= 11 is 0. The number of furan rings is 1. The lowest BCUT2D eigenvalue weighted by molar-refractivity contribution is 0.0751. The van der Waals surface area contributed by atoms with Crippen molar-refractivity contribution in [3.63, 3.8) is 0 Å². The van der Waals surface area contributed by atoms with E-state index in [4.69, 9.17) is 4.42 Å². The van der Waals surface area contributed by atoms with Gasteiger partial charge in [-0.2, -0.15) is 0 Å². The molecule has 0 unspecified atom stereocenters. The smallest absolute Gasteiger partial charge is 0.289 e. The van der Waals surface area contributed by atoms with E-state index < -0.39 is 9.84 Å². The molecular weight excluding hydrogens is 362 g/mol. The Labute approximate surface area is 159 Å². The van der Waals surface area contributed by atoms with Crippen LogP contribution in [0.3, 0.4) is 0 Å². The van der Waals surface area contributed by atoms with Crippen molar-refractivity contribution in [1.29, 1.82) is 0 Å². The van der Waals surface area contributed by atoms with Crippen LogP contribution in [0.2, 0.25) is 0 Å². The number of nitrogens with zero attached hydrogens (tertiary/aromatic N) is 1. The third-order valence-electron chi connectivity index (χ3n) is 4.32. The third kappa shape index (κ3) is 4.46. The van der Waals surface area contributed by atoms with Crippen molar-refractivity contribution >= 4 is 15.7 Å². The molecule has 0 radical (unpaired) electrons. The van der Waals surface area contributed by atoms with E-state index in [0.717, 1.165) is 11.1 Å². The molecule has 27 heavy (non-hydrogen) atoms. The second-order valence-corrected chi connectivity index (χ2v) is 8.42. The number of benzene rings is 2. The van der Waals surface area contributed by atoms with Crippen LogP contribution in [0.25, 0.3) is 0 Å².